The molecule has 110 heavy (non-hydrogen) atoms. The van der Waals surface area contributed by atoms with Crippen molar-refractivity contribution in [2.45, 2.75) is 273 Å². The van der Waals surface area contributed by atoms with E-state index in [1.54, 1.807) is 37.8 Å². The fourth-order valence-corrected chi connectivity index (χ4v) is 17.9. The third-order valence-electron chi connectivity index (χ3n) is 24.9. The fourth-order valence-electron chi connectivity index (χ4n) is 17.9. The van der Waals surface area contributed by atoms with Crippen molar-refractivity contribution in [3.05, 3.63) is 12.2 Å². The Kier molecular flexibility index (Phi) is 30.6. The molecule has 4 aliphatic heterocycles. The van der Waals surface area contributed by atoms with Gasteiger partial charge in [-0.2, -0.15) is 26.3 Å². The zero-order chi connectivity index (χ0) is 81.2. The molecule has 3 N–H and O–H groups in total. The lowest BCUT2D eigenvalue weighted by atomic mass is 9.74. The summed E-state index contributed by atoms with van der Waals surface area (Å²) in [6.45, 7) is 7.59. The molecule has 1 spiro atoms. The maximum atomic E-state index is 15.7. The molecule has 2 bridgehead atoms. The monoisotopic (exact) mass is 1570 g/mol. The number of likely N-dealkylation sites (N-methyl/N-ethyl adjacent to an activating group) is 6. The highest BCUT2D eigenvalue weighted by atomic mass is 19.4. The van der Waals surface area contributed by atoms with E-state index in [9.17, 15) is 50.3 Å². The van der Waals surface area contributed by atoms with E-state index in [1.807, 2.05) is 13.8 Å². The standard InChI is InChI=1S/C77H118F8N12O13/c1-12-46(5)64-72(107)90(7)44-62(100)91(8)55-24-15-14-18-35-96(71(55)106)59(39-47-25-28-50(29-26-47)76(80,81)82)69(104)89(6)43-60(98)86-54(30-27-48-37-52(78)63(53(79)38-48)77(83,84)85)68(103)97-42-51(110-13-2)40-57(97)67(102)88-75(31-21-32-75)74(109)94(11)65(49-22-16-17-23-49)73(108)93(10)58(70(105)95-33-19-20-34-95)41-61(99)92(9)56(36-45(3)4)66(101)87-64/h14-15,45-59,63-65H,12-13,16-44H2,1-11H3,(H,86,98)(H,87,101)(H,88,102)/b15-14-/t46-,47?,48?,50?,51+,52?,53?,54-,55?,56-,57-,58-,59-,63?,64-,65-/m0/s1. The number of likely N-dealkylation sites (tertiary alicyclic amines) is 1. The van der Waals surface area contributed by atoms with Gasteiger partial charge < -0.3 is 64.8 Å². The van der Waals surface area contributed by atoms with Crippen LogP contribution in [0, 0.1) is 41.4 Å². The summed E-state index contributed by atoms with van der Waals surface area (Å²) in [5.41, 5.74) is -1.69. The van der Waals surface area contributed by atoms with Crippen LogP contribution < -0.4 is 16.0 Å². The predicted molar refractivity (Wildman–Crippen MR) is 388 cm³/mol. The highest BCUT2D eigenvalue weighted by Crippen LogP contribution is 2.46. The van der Waals surface area contributed by atoms with E-state index in [0.717, 1.165) is 19.6 Å². The molecule has 4 saturated carbocycles. The number of amides is 12. The predicted octanol–water partition coefficient (Wildman–Crippen LogP) is 6.89. The summed E-state index contributed by atoms with van der Waals surface area (Å²) < 4.78 is 121. The normalized spacial score (nSPS) is 32.4. The minimum Gasteiger partial charge on any atom is -0.377 e. The first kappa shape index (κ1) is 88.3. The number of rotatable bonds is 13. The van der Waals surface area contributed by atoms with Gasteiger partial charge in [0.15, 0.2) is 0 Å². The second-order valence-corrected chi connectivity index (χ2v) is 33.0. The number of alkyl halides is 8. The van der Waals surface area contributed by atoms with E-state index in [2.05, 4.69) is 16.0 Å². The van der Waals surface area contributed by atoms with Gasteiger partial charge in [0.1, 0.15) is 72.1 Å². The molecule has 25 nitrogen and oxygen atoms in total. The van der Waals surface area contributed by atoms with Gasteiger partial charge in [0, 0.05) is 81.5 Å². The molecule has 0 aromatic rings. The van der Waals surface area contributed by atoms with Crippen LogP contribution in [0.15, 0.2) is 12.2 Å². The van der Waals surface area contributed by atoms with E-state index in [0.29, 0.717) is 64.5 Å². The minimum atomic E-state index is -5.22. The lowest BCUT2D eigenvalue weighted by molar-refractivity contribution is -0.219. The number of carbonyl (C=O) groups excluding carboxylic acids is 12. The van der Waals surface area contributed by atoms with Gasteiger partial charge in [-0.05, 0) is 159 Å². The van der Waals surface area contributed by atoms with Crippen LogP contribution in [0.1, 0.15) is 189 Å². The zero-order valence-electron chi connectivity index (χ0n) is 65.8. The average molecular weight is 1570 g/mol. The quantitative estimate of drug-likeness (QED) is 0.125. The summed E-state index contributed by atoms with van der Waals surface area (Å²) in [6.07, 6.45) is -11.8. The Bertz CT molecular complexity index is 3300. The summed E-state index contributed by atoms with van der Waals surface area (Å²) in [5, 5.41) is 8.46. The molecule has 0 aromatic carbocycles. The van der Waals surface area contributed by atoms with Crippen LogP contribution in [0.5, 0.6) is 0 Å². The van der Waals surface area contributed by atoms with Gasteiger partial charge in [-0.3, -0.25) is 57.5 Å². The number of nitrogens with one attached hydrogen (secondary N) is 3. The lowest BCUT2D eigenvalue weighted by Crippen LogP contribution is -2.68. The molecule has 3 saturated heterocycles. The van der Waals surface area contributed by atoms with Crippen molar-refractivity contribution >= 4 is 70.9 Å². The molecule has 0 radical (unpaired) electrons. The Morgan fingerprint density at radius 1 is 0.609 bits per heavy atom. The van der Waals surface area contributed by atoms with Crippen LogP contribution in [-0.2, 0) is 62.3 Å². The van der Waals surface area contributed by atoms with Crippen molar-refractivity contribution in [1.29, 1.82) is 0 Å². The van der Waals surface area contributed by atoms with Gasteiger partial charge in [-0.1, -0.05) is 59.1 Å². The fraction of sp³-hybridized carbons (Fsp3) is 0.818. The van der Waals surface area contributed by atoms with E-state index in [4.69, 9.17) is 4.74 Å². The molecule has 4 heterocycles. The van der Waals surface area contributed by atoms with Crippen molar-refractivity contribution in [2.75, 3.05) is 88.2 Å². The Labute approximate surface area is 641 Å². The highest BCUT2D eigenvalue weighted by Gasteiger charge is 2.56. The smallest absolute Gasteiger partial charge is 0.377 e. The molecular weight excluding hydrogens is 1450 g/mol. The van der Waals surface area contributed by atoms with E-state index >= 15 is 42.3 Å². The SMILES string of the molecule is CCO[C@@H]1C[C@H]2C(=O)NC3(CCC3)C(=O)N(C)[C@@H](C3CCCC3)C(=O)N(C)[C@H](C(=O)N3CCCC3)CC(=O)N(C)[C@@H](CC(C)C)C(=O)N[C@@H]([C@@H](C)CC)C(=O)N(C)CC(=O)N(C)C3C/C=C\CCN(C3=O)[C@@H](CC3CCC(C(F)(F)F)CC3)C(=O)N(C)CC(=O)N[C@@H](CCC3CC(F)C(C(F)(F)F)C(F)C3)C(=O)N2C1. The minimum absolute atomic E-state index is 0.00318. The van der Waals surface area contributed by atoms with Crippen molar-refractivity contribution < 1.29 is 97.4 Å². The average Bonchev–Trinajstić information content (AvgIpc) is 1.20. The first-order valence-electron chi connectivity index (χ1n) is 39.8. The number of nitrogens with zero attached hydrogens (tertiary/aromatic N) is 9. The van der Waals surface area contributed by atoms with Gasteiger partial charge in [0.05, 0.1) is 31.5 Å². The Balaban J connectivity index is 1.21. The second kappa shape index (κ2) is 38.1. The summed E-state index contributed by atoms with van der Waals surface area (Å²) in [5.74, 6) is -16.8. The van der Waals surface area contributed by atoms with Gasteiger partial charge in [-0.15, -0.1) is 0 Å². The first-order chi connectivity index (χ1) is 51.7. The third kappa shape index (κ3) is 21.2. The number of ether oxygens (including phenoxy) is 1. The van der Waals surface area contributed by atoms with Crippen molar-refractivity contribution in [2.24, 2.45) is 41.4 Å². The molecule has 12 atom stereocenters. The molecule has 7 fully saturated rings. The summed E-state index contributed by atoms with van der Waals surface area (Å²) in [4.78, 5) is 193. The maximum absolute atomic E-state index is 15.7. The Morgan fingerprint density at radius 2 is 1.24 bits per heavy atom. The van der Waals surface area contributed by atoms with Crippen LogP contribution in [0.25, 0.3) is 0 Å². The van der Waals surface area contributed by atoms with Crippen molar-refractivity contribution in [1.82, 2.24) is 60.0 Å². The molecule has 8 aliphatic rings. The first-order valence-corrected chi connectivity index (χ1v) is 39.8. The summed E-state index contributed by atoms with van der Waals surface area (Å²) in [7, 11) is 8.11. The highest BCUT2D eigenvalue weighted by molar-refractivity contribution is 6.01. The van der Waals surface area contributed by atoms with Crippen molar-refractivity contribution in [3.63, 3.8) is 0 Å². The van der Waals surface area contributed by atoms with Crippen molar-refractivity contribution in [3.8, 4) is 0 Å². The summed E-state index contributed by atoms with van der Waals surface area (Å²) >= 11 is 0. The van der Waals surface area contributed by atoms with Crippen LogP contribution in [-0.4, -0.2) is 288 Å². The molecule has 3 unspecified atom stereocenters. The van der Waals surface area contributed by atoms with Gasteiger partial charge >= 0.3 is 12.4 Å². The number of halogens is 8. The maximum Gasteiger partial charge on any atom is 0.397 e. The Morgan fingerprint density at radius 3 is 1.81 bits per heavy atom. The van der Waals surface area contributed by atoms with E-state index in [-0.39, 0.29) is 103 Å². The number of carbonyl (C=O) groups is 12. The molecule has 4 aliphatic carbocycles. The second-order valence-electron chi connectivity index (χ2n) is 33.0. The van der Waals surface area contributed by atoms with Crippen LogP contribution >= 0.6 is 0 Å². The van der Waals surface area contributed by atoms with Gasteiger partial charge in [0.2, 0.25) is 70.9 Å². The molecule has 0 aromatic heterocycles. The number of fused-ring (bicyclic) bond motifs is 3. The lowest BCUT2D eigenvalue weighted by Gasteiger charge is -2.46. The topological polar surface area (TPSA) is 279 Å². The van der Waals surface area contributed by atoms with Gasteiger partial charge in [0.25, 0.3) is 0 Å². The van der Waals surface area contributed by atoms with Crippen LogP contribution in [0.3, 0.4) is 0 Å². The molecule has 12 amide bonds. The molecule has 33 heteroatoms. The summed E-state index contributed by atoms with van der Waals surface area (Å²) in [6, 6.07) is -11.3. The zero-order valence-corrected chi connectivity index (χ0v) is 65.8. The van der Waals surface area contributed by atoms with E-state index in [1.165, 1.54) is 61.9 Å². The van der Waals surface area contributed by atoms with E-state index < -0.39 is 230 Å². The molecular formula is C77H118F8N12O13. The van der Waals surface area contributed by atoms with Crippen LogP contribution in [0.4, 0.5) is 35.1 Å². The van der Waals surface area contributed by atoms with Gasteiger partial charge in [-0.25, -0.2) is 8.78 Å². The number of hydrogen-bond donors (Lipinski definition) is 3. The Hall–Kier alpha value is -7.22. The number of hydrogen-bond acceptors (Lipinski definition) is 13. The third-order valence-corrected chi connectivity index (χ3v) is 24.9. The largest absolute Gasteiger partial charge is 0.397 e. The molecule has 8 rings (SSSR count). The molecule has 620 valence electrons. The van der Waals surface area contributed by atoms with Crippen LogP contribution in [0.2, 0.25) is 0 Å².